The van der Waals surface area contributed by atoms with E-state index >= 15 is 0 Å². The maximum Gasteiger partial charge on any atom is 0.407 e. The van der Waals surface area contributed by atoms with Gasteiger partial charge in [0.1, 0.15) is 12.6 Å². The first-order chi connectivity index (χ1) is 16.9. The van der Waals surface area contributed by atoms with Crippen molar-refractivity contribution in [1.82, 2.24) is 10.2 Å². The van der Waals surface area contributed by atoms with E-state index in [-0.39, 0.29) is 36.8 Å². The quantitative estimate of drug-likeness (QED) is 0.638. The van der Waals surface area contributed by atoms with Gasteiger partial charge in [0, 0.05) is 24.4 Å². The highest BCUT2D eigenvalue weighted by Crippen LogP contribution is 2.44. The lowest BCUT2D eigenvalue weighted by molar-refractivity contribution is -0.150. The fourth-order valence-electron chi connectivity index (χ4n) is 6.30. The first kappa shape index (κ1) is 23.4. The van der Waals surface area contributed by atoms with Crippen LogP contribution in [0, 0.1) is 5.92 Å². The Balaban J connectivity index is 1.18. The standard InChI is InChI=1S/C28H32N2O5/c1-17(14-26(31)30-24-13-7-2-8-18(24)15-25(30)27(32)33)29-28(34)35-16-23-21-11-5-3-9-19(21)20-10-4-6-12-22(20)23/h3-6,9-12,17-18,23-25H,2,7-8,13-16H2,1H3,(H,29,34)(H,32,33)/t17-,18?,24?,25?/m1/s1. The van der Waals surface area contributed by atoms with Crippen LogP contribution in [0.3, 0.4) is 0 Å². The second-order valence-electron chi connectivity index (χ2n) is 10.1. The van der Waals surface area contributed by atoms with Crippen LogP contribution < -0.4 is 5.32 Å². The molecule has 35 heavy (non-hydrogen) atoms. The van der Waals surface area contributed by atoms with Crippen LogP contribution in [0.25, 0.3) is 11.1 Å². The van der Waals surface area contributed by atoms with Crippen LogP contribution in [0.4, 0.5) is 4.79 Å². The summed E-state index contributed by atoms with van der Waals surface area (Å²) < 4.78 is 5.59. The van der Waals surface area contributed by atoms with Gasteiger partial charge in [0.25, 0.3) is 0 Å². The fourth-order valence-corrected chi connectivity index (χ4v) is 6.30. The molecule has 2 aliphatic carbocycles. The maximum atomic E-state index is 13.1. The number of aliphatic carboxylic acids is 1. The highest BCUT2D eigenvalue weighted by Gasteiger charge is 2.47. The maximum absolute atomic E-state index is 13.1. The summed E-state index contributed by atoms with van der Waals surface area (Å²) in [5, 5.41) is 12.5. The molecule has 1 aliphatic heterocycles. The molecule has 0 bridgehead atoms. The number of hydrogen-bond acceptors (Lipinski definition) is 4. The molecule has 2 N–H and O–H groups in total. The Morgan fingerprint density at radius 3 is 2.31 bits per heavy atom. The van der Waals surface area contributed by atoms with Crippen molar-refractivity contribution >= 4 is 18.0 Å². The molecule has 4 atom stereocenters. The molecule has 0 aromatic heterocycles. The van der Waals surface area contributed by atoms with E-state index in [1.165, 1.54) is 0 Å². The molecule has 7 nitrogen and oxygen atoms in total. The van der Waals surface area contributed by atoms with Crippen LogP contribution in [0.15, 0.2) is 48.5 Å². The van der Waals surface area contributed by atoms with Gasteiger partial charge in [0.15, 0.2) is 0 Å². The summed E-state index contributed by atoms with van der Waals surface area (Å²) in [6.45, 7) is 1.96. The lowest BCUT2D eigenvalue weighted by Crippen LogP contribution is -2.48. The Labute approximate surface area is 205 Å². The van der Waals surface area contributed by atoms with Crippen molar-refractivity contribution in [2.45, 2.75) is 69.5 Å². The summed E-state index contributed by atoms with van der Waals surface area (Å²) in [6, 6.07) is 15.1. The number of carboxylic acid groups (broad SMARTS) is 1. The first-order valence-electron chi connectivity index (χ1n) is 12.6. The Kier molecular flexibility index (Phi) is 6.50. The molecule has 0 spiro atoms. The van der Waals surface area contributed by atoms with Crippen LogP contribution in [0.2, 0.25) is 0 Å². The number of carboxylic acids is 1. The number of alkyl carbamates (subject to hydrolysis) is 1. The Morgan fingerprint density at radius 1 is 1.03 bits per heavy atom. The summed E-state index contributed by atoms with van der Waals surface area (Å²) in [4.78, 5) is 39.1. The second-order valence-corrected chi connectivity index (χ2v) is 10.1. The van der Waals surface area contributed by atoms with Crippen molar-refractivity contribution in [2.24, 2.45) is 5.92 Å². The molecule has 2 aromatic rings. The van der Waals surface area contributed by atoms with Crippen molar-refractivity contribution in [2.75, 3.05) is 6.61 Å². The minimum atomic E-state index is -0.940. The highest BCUT2D eigenvalue weighted by molar-refractivity contribution is 5.85. The molecule has 184 valence electrons. The number of likely N-dealkylation sites (tertiary alicyclic amines) is 1. The van der Waals surface area contributed by atoms with Gasteiger partial charge in [-0.15, -0.1) is 0 Å². The van der Waals surface area contributed by atoms with E-state index in [0.29, 0.717) is 6.42 Å². The molecule has 3 unspecified atom stereocenters. The summed E-state index contributed by atoms with van der Waals surface area (Å²) >= 11 is 0. The minimum absolute atomic E-state index is 0.000922. The molecule has 2 fully saturated rings. The van der Waals surface area contributed by atoms with E-state index in [4.69, 9.17) is 4.74 Å². The fraction of sp³-hybridized carbons (Fsp3) is 0.464. The third-order valence-corrected chi connectivity index (χ3v) is 7.85. The van der Waals surface area contributed by atoms with Crippen molar-refractivity contribution in [3.63, 3.8) is 0 Å². The highest BCUT2D eigenvalue weighted by atomic mass is 16.5. The average molecular weight is 477 g/mol. The van der Waals surface area contributed by atoms with Gasteiger partial charge in [-0.3, -0.25) is 4.79 Å². The summed E-state index contributed by atoms with van der Waals surface area (Å²) in [5.41, 5.74) is 4.60. The Hall–Kier alpha value is -3.35. The summed E-state index contributed by atoms with van der Waals surface area (Å²) in [6.07, 6.45) is 3.95. The number of hydrogen-bond donors (Lipinski definition) is 2. The third-order valence-electron chi connectivity index (χ3n) is 7.85. The zero-order valence-electron chi connectivity index (χ0n) is 20.0. The van der Waals surface area contributed by atoms with Crippen LogP contribution in [0.1, 0.15) is 62.5 Å². The van der Waals surface area contributed by atoms with Crippen LogP contribution in [-0.4, -0.2) is 52.7 Å². The summed E-state index contributed by atoms with van der Waals surface area (Å²) in [5.74, 6) is -0.920. The molecule has 7 heteroatoms. The van der Waals surface area contributed by atoms with Gasteiger partial charge in [-0.25, -0.2) is 9.59 Å². The van der Waals surface area contributed by atoms with Gasteiger partial charge in [0.05, 0.1) is 0 Å². The predicted molar refractivity (Wildman–Crippen MR) is 131 cm³/mol. The first-order valence-corrected chi connectivity index (χ1v) is 12.6. The zero-order valence-corrected chi connectivity index (χ0v) is 20.0. The number of nitrogens with zero attached hydrogens (tertiary/aromatic N) is 1. The molecule has 3 aliphatic rings. The van der Waals surface area contributed by atoms with Crippen LogP contribution in [0.5, 0.6) is 0 Å². The molecular formula is C28H32N2O5. The largest absolute Gasteiger partial charge is 0.480 e. The number of carbonyl (C=O) groups excluding carboxylic acids is 2. The number of nitrogens with one attached hydrogen (secondary N) is 1. The van der Waals surface area contributed by atoms with E-state index in [9.17, 15) is 19.5 Å². The van der Waals surface area contributed by atoms with E-state index in [2.05, 4.69) is 29.6 Å². The van der Waals surface area contributed by atoms with Gasteiger partial charge in [-0.1, -0.05) is 61.4 Å². The molecule has 1 heterocycles. The molecule has 5 rings (SSSR count). The van der Waals surface area contributed by atoms with Gasteiger partial charge >= 0.3 is 12.1 Å². The zero-order chi connectivity index (χ0) is 24.5. The molecule has 2 amide bonds. The number of ether oxygens (including phenoxy) is 1. The SMILES string of the molecule is C[C@H](CC(=O)N1C(C(=O)O)CC2CCCCC21)NC(=O)OCC1c2ccccc2-c2ccccc21. The van der Waals surface area contributed by atoms with Gasteiger partial charge < -0.3 is 20.1 Å². The lowest BCUT2D eigenvalue weighted by Gasteiger charge is -2.33. The Bertz CT molecular complexity index is 1090. The van der Waals surface area contributed by atoms with E-state index < -0.39 is 24.1 Å². The number of amides is 2. The second kappa shape index (κ2) is 9.72. The molecule has 2 aromatic carbocycles. The Morgan fingerprint density at radius 2 is 1.66 bits per heavy atom. The van der Waals surface area contributed by atoms with E-state index in [0.717, 1.165) is 47.9 Å². The molecular weight excluding hydrogens is 444 g/mol. The predicted octanol–water partition coefficient (Wildman–Crippen LogP) is 4.55. The van der Waals surface area contributed by atoms with Crippen molar-refractivity contribution in [1.29, 1.82) is 0 Å². The smallest absolute Gasteiger partial charge is 0.407 e. The topological polar surface area (TPSA) is 95.9 Å². The van der Waals surface area contributed by atoms with Crippen molar-refractivity contribution in [3.05, 3.63) is 59.7 Å². The van der Waals surface area contributed by atoms with Gasteiger partial charge in [-0.05, 0) is 54.4 Å². The number of rotatable bonds is 6. The van der Waals surface area contributed by atoms with Crippen LogP contribution >= 0.6 is 0 Å². The van der Waals surface area contributed by atoms with Gasteiger partial charge in [-0.2, -0.15) is 0 Å². The average Bonchev–Trinajstić information content (AvgIpc) is 3.39. The summed E-state index contributed by atoms with van der Waals surface area (Å²) in [7, 11) is 0. The molecule has 1 saturated carbocycles. The van der Waals surface area contributed by atoms with E-state index in [1.807, 2.05) is 24.3 Å². The number of carbonyl (C=O) groups is 3. The monoisotopic (exact) mass is 476 g/mol. The number of benzene rings is 2. The molecule has 1 saturated heterocycles. The van der Waals surface area contributed by atoms with Crippen LogP contribution in [-0.2, 0) is 14.3 Å². The third kappa shape index (κ3) is 4.51. The normalized spacial score (nSPS) is 23.7. The van der Waals surface area contributed by atoms with Crippen molar-refractivity contribution in [3.8, 4) is 11.1 Å². The van der Waals surface area contributed by atoms with Crippen molar-refractivity contribution < 1.29 is 24.2 Å². The number of fused-ring (bicyclic) bond motifs is 4. The molecule has 0 radical (unpaired) electrons. The minimum Gasteiger partial charge on any atom is -0.480 e. The van der Waals surface area contributed by atoms with Gasteiger partial charge in [0.2, 0.25) is 5.91 Å². The van der Waals surface area contributed by atoms with E-state index in [1.54, 1.807) is 11.8 Å². The lowest BCUT2D eigenvalue weighted by atomic mass is 9.84.